The topological polar surface area (TPSA) is 53.8 Å². The fourth-order valence-electron chi connectivity index (χ4n) is 2.32. The molecule has 1 atom stereocenters. The van der Waals surface area contributed by atoms with Gasteiger partial charge in [-0.05, 0) is 31.7 Å². The van der Waals surface area contributed by atoms with E-state index in [9.17, 15) is 4.79 Å². The number of benzene rings is 1. The van der Waals surface area contributed by atoms with Crippen molar-refractivity contribution in [2.24, 2.45) is 10.2 Å². The van der Waals surface area contributed by atoms with Crippen LogP contribution in [0.4, 0.5) is 0 Å². The molecule has 1 fully saturated rings. The standard InChI is InChI=1S/C14H15N3OS/c1-9-13(18)15-14(19-9)17-16-12-8-4-6-10-5-2-3-7-11(10)12/h2-3,5,7,9H,4,6,8H2,1H3,(H,15,17,18)/b16-12-. The van der Waals surface area contributed by atoms with Crippen LogP contribution in [-0.4, -0.2) is 22.0 Å². The van der Waals surface area contributed by atoms with Crippen LogP contribution in [-0.2, 0) is 11.2 Å². The first-order chi connectivity index (χ1) is 9.24. The number of thioether (sulfide) groups is 1. The fraction of sp³-hybridized carbons (Fsp3) is 0.357. The Bertz CT molecular complexity index is 580. The summed E-state index contributed by atoms with van der Waals surface area (Å²) in [5.41, 5.74) is 3.55. The van der Waals surface area contributed by atoms with Crippen molar-refractivity contribution in [2.45, 2.75) is 31.4 Å². The summed E-state index contributed by atoms with van der Waals surface area (Å²) >= 11 is 1.43. The highest BCUT2D eigenvalue weighted by Crippen LogP contribution is 2.22. The first-order valence-corrected chi connectivity index (χ1v) is 7.32. The van der Waals surface area contributed by atoms with Gasteiger partial charge in [0.25, 0.3) is 0 Å². The number of hydrogen-bond acceptors (Lipinski definition) is 4. The Kier molecular flexibility index (Phi) is 3.38. The maximum Gasteiger partial charge on any atom is 0.239 e. The number of aryl methyl sites for hydroxylation is 1. The molecule has 0 radical (unpaired) electrons. The molecule has 1 heterocycles. The van der Waals surface area contributed by atoms with E-state index in [2.05, 4.69) is 33.7 Å². The zero-order valence-electron chi connectivity index (χ0n) is 10.7. The third-order valence-corrected chi connectivity index (χ3v) is 4.31. The van der Waals surface area contributed by atoms with Crippen LogP contribution in [0.15, 0.2) is 34.5 Å². The van der Waals surface area contributed by atoms with Crippen molar-refractivity contribution in [3.8, 4) is 0 Å². The number of nitrogens with zero attached hydrogens (tertiary/aromatic N) is 2. The second kappa shape index (κ2) is 5.17. The molecule has 98 valence electrons. The lowest BCUT2D eigenvalue weighted by Gasteiger charge is -2.16. The molecule has 1 aliphatic carbocycles. The number of rotatable bonds is 1. The quantitative estimate of drug-likeness (QED) is 0.798. The molecule has 1 saturated heterocycles. The number of carbonyl (C=O) groups excluding carboxylic acids is 1. The lowest BCUT2D eigenvalue weighted by Crippen LogP contribution is -2.23. The van der Waals surface area contributed by atoms with Crippen molar-refractivity contribution < 1.29 is 4.79 Å². The maximum atomic E-state index is 11.4. The van der Waals surface area contributed by atoms with Crippen molar-refractivity contribution in [2.75, 3.05) is 0 Å². The molecule has 1 aromatic rings. The van der Waals surface area contributed by atoms with Gasteiger partial charge in [0.15, 0.2) is 5.17 Å². The average Bonchev–Trinajstić information content (AvgIpc) is 2.75. The first-order valence-electron chi connectivity index (χ1n) is 6.44. The molecule has 1 aliphatic heterocycles. The van der Waals surface area contributed by atoms with E-state index in [0.717, 1.165) is 25.0 Å². The number of amidine groups is 1. The molecule has 0 bridgehead atoms. The van der Waals surface area contributed by atoms with E-state index >= 15 is 0 Å². The van der Waals surface area contributed by atoms with Crippen LogP contribution in [0.2, 0.25) is 0 Å². The van der Waals surface area contributed by atoms with Crippen LogP contribution in [0.1, 0.15) is 30.9 Å². The lowest BCUT2D eigenvalue weighted by atomic mass is 9.90. The van der Waals surface area contributed by atoms with Crippen LogP contribution in [0, 0.1) is 0 Å². The Morgan fingerprint density at radius 2 is 2.11 bits per heavy atom. The molecular formula is C14H15N3OS. The molecule has 3 rings (SSSR count). The molecule has 19 heavy (non-hydrogen) atoms. The highest BCUT2D eigenvalue weighted by Gasteiger charge is 2.26. The van der Waals surface area contributed by atoms with Gasteiger partial charge in [0.2, 0.25) is 5.91 Å². The normalized spacial score (nSPS) is 26.6. The Morgan fingerprint density at radius 3 is 2.89 bits per heavy atom. The second-order valence-electron chi connectivity index (χ2n) is 4.71. The van der Waals surface area contributed by atoms with Gasteiger partial charge < -0.3 is 5.32 Å². The van der Waals surface area contributed by atoms with Crippen LogP contribution in [0.5, 0.6) is 0 Å². The van der Waals surface area contributed by atoms with E-state index in [1.165, 1.54) is 22.9 Å². The van der Waals surface area contributed by atoms with E-state index in [1.54, 1.807) is 0 Å². The summed E-state index contributed by atoms with van der Waals surface area (Å²) < 4.78 is 0. The molecule has 4 nitrogen and oxygen atoms in total. The van der Waals surface area contributed by atoms with E-state index < -0.39 is 0 Å². The number of fused-ring (bicyclic) bond motifs is 1. The largest absolute Gasteiger partial charge is 0.303 e. The summed E-state index contributed by atoms with van der Waals surface area (Å²) in [7, 11) is 0. The van der Waals surface area contributed by atoms with Gasteiger partial charge in [-0.25, -0.2) is 0 Å². The molecule has 5 heteroatoms. The van der Waals surface area contributed by atoms with Crippen molar-refractivity contribution in [3.63, 3.8) is 0 Å². The monoisotopic (exact) mass is 273 g/mol. The van der Waals surface area contributed by atoms with Crippen molar-refractivity contribution >= 4 is 28.5 Å². The highest BCUT2D eigenvalue weighted by molar-refractivity contribution is 8.15. The van der Waals surface area contributed by atoms with Crippen molar-refractivity contribution in [3.05, 3.63) is 35.4 Å². The Balaban J connectivity index is 1.86. The van der Waals surface area contributed by atoms with Gasteiger partial charge in [-0.3, -0.25) is 4.79 Å². The van der Waals surface area contributed by atoms with Gasteiger partial charge in [0, 0.05) is 5.56 Å². The van der Waals surface area contributed by atoms with Crippen molar-refractivity contribution in [1.29, 1.82) is 0 Å². The van der Waals surface area contributed by atoms with Gasteiger partial charge in [-0.15, -0.1) is 5.10 Å². The van der Waals surface area contributed by atoms with Crippen LogP contribution >= 0.6 is 11.8 Å². The second-order valence-corrected chi connectivity index (χ2v) is 6.04. The predicted octanol–water partition coefficient (Wildman–Crippen LogP) is 2.33. The van der Waals surface area contributed by atoms with Crippen LogP contribution < -0.4 is 5.32 Å². The van der Waals surface area contributed by atoms with E-state index in [-0.39, 0.29) is 11.2 Å². The number of hydrogen-bond donors (Lipinski definition) is 1. The van der Waals surface area contributed by atoms with Gasteiger partial charge in [0.1, 0.15) is 0 Å². The van der Waals surface area contributed by atoms with Gasteiger partial charge in [0.05, 0.1) is 11.0 Å². The first kappa shape index (κ1) is 12.4. The van der Waals surface area contributed by atoms with E-state index in [4.69, 9.17) is 0 Å². The van der Waals surface area contributed by atoms with E-state index in [1.807, 2.05) is 13.0 Å². The summed E-state index contributed by atoms with van der Waals surface area (Å²) in [6.07, 6.45) is 3.16. The van der Waals surface area contributed by atoms with Gasteiger partial charge in [-0.1, -0.05) is 36.0 Å². The number of carbonyl (C=O) groups is 1. The minimum absolute atomic E-state index is 0.00740. The van der Waals surface area contributed by atoms with Crippen LogP contribution in [0.3, 0.4) is 0 Å². The molecule has 0 aromatic heterocycles. The predicted molar refractivity (Wildman–Crippen MR) is 78.5 cm³/mol. The van der Waals surface area contributed by atoms with Crippen LogP contribution in [0.25, 0.3) is 0 Å². The van der Waals surface area contributed by atoms with Gasteiger partial charge >= 0.3 is 0 Å². The SMILES string of the molecule is CC1S/C(=N\N=C2\CCCc3ccccc32)NC1=O. The zero-order valence-corrected chi connectivity index (χ0v) is 11.5. The molecule has 1 N–H and O–H groups in total. The number of nitrogens with one attached hydrogen (secondary N) is 1. The van der Waals surface area contributed by atoms with E-state index in [0.29, 0.717) is 5.17 Å². The lowest BCUT2D eigenvalue weighted by molar-refractivity contribution is -0.118. The Labute approximate surface area is 116 Å². The summed E-state index contributed by atoms with van der Waals surface area (Å²) in [5.74, 6) is 0.00740. The fourth-order valence-corrected chi connectivity index (χ4v) is 3.06. The Hall–Kier alpha value is -1.62. The molecule has 1 aromatic carbocycles. The molecule has 0 saturated carbocycles. The third kappa shape index (κ3) is 2.56. The molecule has 1 unspecified atom stereocenters. The molecule has 1 amide bonds. The van der Waals surface area contributed by atoms with Gasteiger partial charge in [-0.2, -0.15) is 5.10 Å². The number of amides is 1. The Morgan fingerprint density at radius 1 is 1.26 bits per heavy atom. The third-order valence-electron chi connectivity index (χ3n) is 3.34. The minimum Gasteiger partial charge on any atom is -0.303 e. The summed E-state index contributed by atoms with van der Waals surface area (Å²) in [5, 5.41) is 11.8. The summed E-state index contributed by atoms with van der Waals surface area (Å²) in [6.45, 7) is 1.87. The molecule has 2 aliphatic rings. The smallest absolute Gasteiger partial charge is 0.239 e. The summed E-state index contributed by atoms with van der Waals surface area (Å²) in [4.78, 5) is 11.4. The minimum atomic E-state index is -0.0717. The highest BCUT2D eigenvalue weighted by atomic mass is 32.2. The summed E-state index contributed by atoms with van der Waals surface area (Å²) in [6, 6.07) is 8.32. The van der Waals surface area contributed by atoms with Crippen molar-refractivity contribution in [1.82, 2.24) is 5.32 Å². The maximum absolute atomic E-state index is 11.4. The zero-order chi connectivity index (χ0) is 13.2. The molecule has 0 spiro atoms. The average molecular weight is 273 g/mol. The molecular weight excluding hydrogens is 258 g/mol.